The van der Waals surface area contributed by atoms with Crippen molar-refractivity contribution in [1.82, 2.24) is 15.2 Å². The number of pyridine rings is 1. The lowest BCUT2D eigenvalue weighted by atomic mass is 9.95. The molecule has 1 aliphatic heterocycles. The van der Waals surface area contributed by atoms with Gasteiger partial charge in [-0.2, -0.15) is 0 Å². The largest absolute Gasteiger partial charge is 0.368 e. The SMILES string of the molecule is CN1CCN(c2ccc(C(=O)NC3CCCCC3)nc2)CC1. The molecule has 1 N–H and O–H groups in total. The van der Waals surface area contributed by atoms with Gasteiger partial charge in [0.1, 0.15) is 5.69 Å². The molecule has 0 unspecified atom stereocenters. The predicted octanol–water partition coefficient (Wildman–Crippen LogP) is 1.90. The topological polar surface area (TPSA) is 48.5 Å². The molecule has 0 bridgehead atoms. The molecule has 1 amide bonds. The number of rotatable bonds is 3. The molecule has 0 radical (unpaired) electrons. The molecule has 5 heteroatoms. The maximum atomic E-state index is 12.2. The number of hydrogen-bond donors (Lipinski definition) is 1. The first-order valence-electron chi connectivity index (χ1n) is 8.43. The fourth-order valence-corrected chi connectivity index (χ4v) is 3.28. The Labute approximate surface area is 132 Å². The highest BCUT2D eigenvalue weighted by Gasteiger charge is 2.18. The van der Waals surface area contributed by atoms with Crippen LogP contribution in [0.2, 0.25) is 0 Å². The van der Waals surface area contributed by atoms with E-state index < -0.39 is 0 Å². The van der Waals surface area contributed by atoms with E-state index in [1.165, 1.54) is 19.3 Å². The fraction of sp³-hybridized carbons (Fsp3) is 0.647. The average Bonchev–Trinajstić information content (AvgIpc) is 2.57. The second-order valence-corrected chi connectivity index (χ2v) is 6.50. The summed E-state index contributed by atoms with van der Waals surface area (Å²) in [7, 11) is 2.15. The molecular weight excluding hydrogens is 276 g/mol. The van der Waals surface area contributed by atoms with Crippen LogP contribution in [0, 0.1) is 0 Å². The number of hydrogen-bond acceptors (Lipinski definition) is 4. The summed E-state index contributed by atoms with van der Waals surface area (Å²) in [5.74, 6) is -0.0307. The van der Waals surface area contributed by atoms with Crippen LogP contribution in [0.15, 0.2) is 18.3 Å². The Morgan fingerprint density at radius 2 is 1.86 bits per heavy atom. The van der Waals surface area contributed by atoms with Gasteiger partial charge in [0.05, 0.1) is 11.9 Å². The molecule has 1 aromatic heterocycles. The molecule has 1 saturated heterocycles. The van der Waals surface area contributed by atoms with Gasteiger partial charge >= 0.3 is 0 Å². The van der Waals surface area contributed by atoms with E-state index in [1.807, 2.05) is 18.3 Å². The first kappa shape index (κ1) is 15.3. The number of nitrogens with one attached hydrogen (secondary N) is 1. The molecule has 1 aromatic rings. The van der Waals surface area contributed by atoms with Crippen molar-refractivity contribution in [2.75, 3.05) is 38.1 Å². The predicted molar refractivity (Wildman–Crippen MR) is 88.3 cm³/mol. The number of piperazine rings is 1. The lowest BCUT2D eigenvalue weighted by Gasteiger charge is -2.33. The zero-order valence-corrected chi connectivity index (χ0v) is 13.4. The molecule has 120 valence electrons. The summed E-state index contributed by atoms with van der Waals surface area (Å²) in [6.07, 6.45) is 7.78. The zero-order valence-electron chi connectivity index (χ0n) is 13.4. The summed E-state index contributed by atoms with van der Waals surface area (Å²) < 4.78 is 0. The smallest absolute Gasteiger partial charge is 0.270 e. The maximum Gasteiger partial charge on any atom is 0.270 e. The lowest BCUT2D eigenvalue weighted by molar-refractivity contribution is 0.0922. The number of likely N-dealkylation sites (N-methyl/N-ethyl adjacent to an activating group) is 1. The third kappa shape index (κ3) is 3.77. The van der Waals surface area contributed by atoms with Crippen LogP contribution in [0.1, 0.15) is 42.6 Å². The quantitative estimate of drug-likeness (QED) is 0.926. The Balaban J connectivity index is 1.57. The van der Waals surface area contributed by atoms with Crippen LogP contribution in [0.25, 0.3) is 0 Å². The van der Waals surface area contributed by atoms with Crippen molar-refractivity contribution in [3.8, 4) is 0 Å². The van der Waals surface area contributed by atoms with Gasteiger partial charge in [-0.25, -0.2) is 4.98 Å². The van der Waals surface area contributed by atoms with E-state index >= 15 is 0 Å². The molecule has 0 atom stereocenters. The van der Waals surface area contributed by atoms with Crippen LogP contribution < -0.4 is 10.2 Å². The molecule has 2 heterocycles. The van der Waals surface area contributed by atoms with Crippen molar-refractivity contribution < 1.29 is 4.79 Å². The highest BCUT2D eigenvalue weighted by Crippen LogP contribution is 2.18. The van der Waals surface area contributed by atoms with E-state index in [1.54, 1.807) is 0 Å². The first-order chi connectivity index (χ1) is 10.7. The minimum atomic E-state index is -0.0307. The van der Waals surface area contributed by atoms with Crippen molar-refractivity contribution in [2.45, 2.75) is 38.1 Å². The standard InChI is InChI=1S/C17H26N4O/c1-20-9-11-21(12-10-20)15-7-8-16(18-13-15)17(22)19-14-5-3-2-4-6-14/h7-8,13-14H,2-6,9-12H2,1H3,(H,19,22). The third-order valence-corrected chi connectivity index (χ3v) is 4.79. The van der Waals surface area contributed by atoms with Crippen LogP contribution in [0.3, 0.4) is 0 Å². The van der Waals surface area contributed by atoms with Gasteiger partial charge in [-0.1, -0.05) is 19.3 Å². The van der Waals surface area contributed by atoms with Gasteiger partial charge in [0.25, 0.3) is 5.91 Å². The van der Waals surface area contributed by atoms with Gasteiger partial charge in [-0.05, 0) is 32.0 Å². The summed E-state index contributed by atoms with van der Waals surface area (Å²) >= 11 is 0. The summed E-state index contributed by atoms with van der Waals surface area (Å²) in [5, 5.41) is 3.12. The average molecular weight is 302 g/mol. The lowest BCUT2D eigenvalue weighted by Crippen LogP contribution is -2.44. The summed E-state index contributed by atoms with van der Waals surface area (Å²) in [6, 6.07) is 4.21. The molecule has 0 aromatic carbocycles. The van der Waals surface area contributed by atoms with E-state index in [9.17, 15) is 4.79 Å². The summed E-state index contributed by atoms with van der Waals surface area (Å²) in [6.45, 7) is 4.19. The van der Waals surface area contributed by atoms with Crippen molar-refractivity contribution in [3.05, 3.63) is 24.0 Å². The minimum Gasteiger partial charge on any atom is -0.368 e. The van der Waals surface area contributed by atoms with E-state index in [0.717, 1.165) is 44.7 Å². The molecule has 22 heavy (non-hydrogen) atoms. The Hall–Kier alpha value is -1.62. The van der Waals surface area contributed by atoms with E-state index in [-0.39, 0.29) is 5.91 Å². The van der Waals surface area contributed by atoms with Crippen LogP contribution in [-0.4, -0.2) is 55.1 Å². The molecule has 2 aliphatic rings. The number of aromatic nitrogens is 1. The van der Waals surface area contributed by atoms with Crippen LogP contribution in [0.4, 0.5) is 5.69 Å². The molecule has 5 nitrogen and oxygen atoms in total. The van der Waals surface area contributed by atoms with E-state index in [2.05, 4.69) is 27.1 Å². The fourth-order valence-electron chi connectivity index (χ4n) is 3.28. The van der Waals surface area contributed by atoms with E-state index in [0.29, 0.717) is 11.7 Å². The normalized spacial score (nSPS) is 20.9. The number of carbonyl (C=O) groups is 1. The molecule has 1 saturated carbocycles. The summed E-state index contributed by atoms with van der Waals surface area (Å²) in [4.78, 5) is 21.3. The van der Waals surface area contributed by atoms with Crippen molar-refractivity contribution in [3.63, 3.8) is 0 Å². The van der Waals surface area contributed by atoms with Gasteiger partial charge < -0.3 is 15.1 Å². The van der Waals surface area contributed by atoms with Crippen LogP contribution in [0.5, 0.6) is 0 Å². The zero-order chi connectivity index (χ0) is 15.4. The van der Waals surface area contributed by atoms with Gasteiger partial charge in [0.2, 0.25) is 0 Å². The Kier molecular flexibility index (Phi) is 4.93. The van der Waals surface area contributed by atoms with E-state index in [4.69, 9.17) is 0 Å². The van der Waals surface area contributed by atoms with Gasteiger partial charge in [0, 0.05) is 32.2 Å². The Bertz CT molecular complexity index is 488. The van der Waals surface area contributed by atoms with Crippen LogP contribution >= 0.6 is 0 Å². The molecule has 2 fully saturated rings. The van der Waals surface area contributed by atoms with Crippen molar-refractivity contribution in [2.24, 2.45) is 0 Å². The summed E-state index contributed by atoms with van der Waals surface area (Å²) in [5.41, 5.74) is 1.64. The van der Waals surface area contributed by atoms with Gasteiger partial charge in [-0.3, -0.25) is 4.79 Å². The Morgan fingerprint density at radius 3 is 2.50 bits per heavy atom. The van der Waals surface area contributed by atoms with Gasteiger partial charge in [-0.15, -0.1) is 0 Å². The van der Waals surface area contributed by atoms with Gasteiger partial charge in [0.15, 0.2) is 0 Å². The second kappa shape index (κ2) is 7.09. The first-order valence-corrected chi connectivity index (χ1v) is 8.43. The number of amides is 1. The number of anilines is 1. The minimum absolute atomic E-state index is 0.0307. The maximum absolute atomic E-state index is 12.2. The molecule has 1 aliphatic carbocycles. The number of carbonyl (C=O) groups excluding carboxylic acids is 1. The number of nitrogens with zero attached hydrogens (tertiary/aromatic N) is 3. The second-order valence-electron chi connectivity index (χ2n) is 6.50. The highest BCUT2D eigenvalue weighted by molar-refractivity contribution is 5.92. The molecular formula is C17H26N4O. The highest BCUT2D eigenvalue weighted by atomic mass is 16.1. The Morgan fingerprint density at radius 1 is 1.14 bits per heavy atom. The monoisotopic (exact) mass is 302 g/mol. The molecule has 3 rings (SSSR count). The van der Waals surface area contributed by atoms with Crippen molar-refractivity contribution >= 4 is 11.6 Å². The van der Waals surface area contributed by atoms with Crippen molar-refractivity contribution in [1.29, 1.82) is 0 Å². The third-order valence-electron chi connectivity index (χ3n) is 4.79. The molecule has 0 spiro atoms. The van der Waals surface area contributed by atoms with Crippen LogP contribution in [-0.2, 0) is 0 Å².